The van der Waals surface area contributed by atoms with Crippen LogP contribution in [0.5, 0.6) is 11.5 Å². The van der Waals surface area contributed by atoms with Crippen LogP contribution in [0.25, 0.3) is 21.5 Å². The second-order valence-corrected chi connectivity index (χ2v) is 10.9. The Labute approximate surface area is 231 Å². The summed E-state index contributed by atoms with van der Waals surface area (Å²) in [6.07, 6.45) is 3.32. The minimum Gasteiger partial charge on any atom is -0.494 e. The number of aryl methyl sites for hydroxylation is 1. The van der Waals surface area contributed by atoms with Crippen LogP contribution < -0.4 is 25.4 Å². The zero-order chi connectivity index (χ0) is 27.7. The second kappa shape index (κ2) is 11.0. The summed E-state index contributed by atoms with van der Waals surface area (Å²) in [5.74, 6) is 1.06. The number of primary amides is 1. The number of ether oxygens (including phenoxy) is 2. The first-order chi connectivity index (χ1) is 18.7. The molecule has 1 amide bonds. The molecule has 1 aliphatic rings. The summed E-state index contributed by atoms with van der Waals surface area (Å²) in [4.78, 5) is 31.3. The number of nitrogens with two attached hydrogens (primary N) is 1. The van der Waals surface area contributed by atoms with E-state index in [1.54, 1.807) is 31.6 Å². The Bertz CT molecular complexity index is 1510. The molecule has 5 rings (SSSR count). The Balaban J connectivity index is 1.57. The number of pyridine rings is 1. The monoisotopic (exact) mass is 547 g/mol. The van der Waals surface area contributed by atoms with E-state index in [1.807, 2.05) is 13.8 Å². The van der Waals surface area contributed by atoms with Gasteiger partial charge in [0, 0.05) is 44.1 Å². The van der Waals surface area contributed by atoms with Gasteiger partial charge in [0.15, 0.2) is 0 Å². The molecule has 0 bridgehead atoms. The molecule has 4 aromatic rings. The van der Waals surface area contributed by atoms with Crippen molar-refractivity contribution in [3.8, 4) is 22.8 Å². The van der Waals surface area contributed by atoms with Crippen molar-refractivity contribution in [2.45, 2.75) is 26.9 Å². The third-order valence-corrected chi connectivity index (χ3v) is 7.76. The van der Waals surface area contributed by atoms with Crippen molar-refractivity contribution in [3.63, 3.8) is 0 Å². The van der Waals surface area contributed by atoms with Crippen LogP contribution in [0.3, 0.4) is 0 Å². The minimum absolute atomic E-state index is 0.0183. The highest BCUT2D eigenvalue weighted by molar-refractivity contribution is 7.21. The van der Waals surface area contributed by atoms with Crippen molar-refractivity contribution >= 4 is 44.8 Å². The molecule has 11 heteroatoms. The van der Waals surface area contributed by atoms with Gasteiger partial charge in [-0.05, 0) is 51.6 Å². The van der Waals surface area contributed by atoms with Crippen molar-refractivity contribution in [2.75, 3.05) is 50.6 Å². The van der Waals surface area contributed by atoms with Gasteiger partial charge in [-0.2, -0.15) is 0 Å². The lowest BCUT2D eigenvalue weighted by Crippen LogP contribution is -2.44. The molecule has 3 N–H and O–H groups in total. The topological polar surface area (TPSA) is 119 Å². The highest BCUT2D eigenvalue weighted by Crippen LogP contribution is 2.41. The Morgan fingerprint density at radius 2 is 1.92 bits per heavy atom. The molecule has 1 aliphatic heterocycles. The number of anilines is 3. The van der Waals surface area contributed by atoms with Crippen LogP contribution in [0.2, 0.25) is 0 Å². The maximum atomic E-state index is 12.4. The fourth-order valence-electron chi connectivity index (χ4n) is 4.72. The van der Waals surface area contributed by atoms with E-state index >= 15 is 0 Å². The molecule has 1 aromatic carbocycles. The van der Waals surface area contributed by atoms with Gasteiger partial charge in [-0.25, -0.2) is 9.97 Å². The largest absolute Gasteiger partial charge is 0.494 e. The second-order valence-electron chi connectivity index (χ2n) is 9.85. The zero-order valence-corrected chi connectivity index (χ0v) is 23.6. The maximum absolute atomic E-state index is 12.4. The van der Waals surface area contributed by atoms with Crippen molar-refractivity contribution in [2.24, 2.45) is 5.73 Å². The number of hydrogen-bond donors (Lipinski definition) is 2. The average molecular weight is 548 g/mol. The summed E-state index contributed by atoms with van der Waals surface area (Å²) in [5, 5.41) is 3.36. The highest BCUT2D eigenvalue weighted by Gasteiger charge is 2.24. The molecule has 3 aromatic heterocycles. The number of methoxy groups -OCH3 is 1. The van der Waals surface area contributed by atoms with Crippen LogP contribution in [-0.2, 0) is 0 Å². The minimum atomic E-state index is -0.557. The molecular weight excluding hydrogens is 514 g/mol. The summed E-state index contributed by atoms with van der Waals surface area (Å²) in [6, 6.07) is 7.73. The van der Waals surface area contributed by atoms with Gasteiger partial charge >= 0.3 is 0 Å². The smallest absolute Gasteiger partial charge is 0.259 e. The van der Waals surface area contributed by atoms with E-state index in [-0.39, 0.29) is 6.10 Å². The molecule has 204 valence electrons. The lowest BCUT2D eigenvalue weighted by atomic mass is 10.1. The fraction of sp³-hybridized carbons (Fsp3) is 0.357. The van der Waals surface area contributed by atoms with E-state index in [0.717, 1.165) is 53.6 Å². The fourth-order valence-corrected chi connectivity index (χ4v) is 5.69. The summed E-state index contributed by atoms with van der Waals surface area (Å²) in [5.41, 5.74) is 10.4. The predicted octanol–water partition coefficient (Wildman–Crippen LogP) is 4.45. The third kappa shape index (κ3) is 5.45. The molecule has 0 aliphatic carbocycles. The first-order valence-corrected chi connectivity index (χ1v) is 13.7. The number of carbonyl (C=O) groups excluding carboxylic acids is 1. The molecule has 1 saturated heterocycles. The number of aromatic nitrogens is 3. The lowest BCUT2D eigenvalue weighted by molar-refractivity contribution is 0.100. The van der Waals surface area contributed by atoms with Crippen LogP contribution in [0.4, 0.5) is 17.3 Å². The van der Waals surface area contributed by atoms with Crippen molar-refractivity contribution < 1.29 is 14.3 Å². The van der Waals surface area contributed by atoms with Crippen molar-refractivity contribution in [1.29, 1.82) is 0 Å². The summed E-state index contributed by atoms with van der Waals surface area (Å²) in [6.45, 7) is 10.1. The van der Waals surface area contributed by atoms with Gasteiger partial charge in [0.1, 0.15) is 22.1 Å². The van der Waals surface area contributed by atoms with Gasteiger partial charge < -0.3 is 30.3 Å². The number of rotatable bonds is 8. The van der Waals surface area contributed by atoms with Gasteiger partial charge in [-0.3, -0.25) is 9.78 Å². The Kier molecular flexibility index (Phi) is 7.53. The van der Waals surface area contributed by atoms with Crippen LogP contribution >= 0.6 is 11.3 Å². The van der Waals surface area contributed by atoms with Crippen LogP contribution in [0.15, 0.2) is 36.7 Å². The molecule has 0 spiro atoms. The summed E-state index contributed by atoms with van der Waals surface area (Å²) < 4.78 is 12.5. The summed E-state index contributed by atoms with van der Waals surface area (Å²) in [7, 11) is 3.71. The highest BCUT2D eigenvalue weighted by atomic mass is 32.1. The Morgan fingerprint density at radius 3 is 2.62 bits per heavy atom. The van der Waals surface area contributed by atoms with Gasteiger partial charge in [0.25, 0.3) is 5.91 Å². The van der Waals surface area contributed by atoms with E-state index in [1.165, 1.54) is 11.3 Å². The molecule has 1 fully saturated rings. The van der Waals surface area contributed by atoms with Crippen LogP contribution in [-0.4, -0.2) is 72.2 Å². The summed E-state index contributed by atoms with van der Waals surface area (Å²) >= 11 is 1.24. The Hall–Kier alpha value is -3.96. The van der Waals surface area contributed by atoms with Gasteiger partial charge in [0.2, 0.25) is 5.95 Å². The SMILES string of the molecule is COc1cccnc1-c1c(C(N)=O)sc2cnc(Nc3cc(C)c(N4CCN(C)CC4)cc3OC(C)C)nc12. The number of nitrogens with one attached hydrogen (secondary N) is 1. The molecule has 10 nitrogen and oxygen atoms in total. The maximum Gasteiger partial charge on any atom is 0.259 e. The number of likely N-dealkylation sites (N-methyl/N-ethyl adjacent to an activating group) is 1. The van der Waals surface area contributed by atoms with E-state index in [2.05, 4.69) is 51.2 Å². The molecule has 0 atom stereocenters. The lowest BCUT2D eigenvalue weighted by Gasteiger charge is -2.35. The van der Waals surface area contributed by atoms with Crippen molar-refractivity contribution in [3.05, 3.63) is 47.1 Å². The average Bonchev–Trinajstić information content (AvgIpc) is 3.29. The number of amides is 1. The van der Waals surface area contributed by atoms with Crippen molar-refractivity contribution in [1.82, 2.24) is 19.9 Å². The van der Waals surface area contributed by atoms with Gasteiger partial charge in [0.05, 0.1) is 40.9 Å². The number of fused-ring (bicyclic) bond motifs is 1. The number of carbonyl (C=O) groups is 1. The van der Waals surface area contributed by atoms with E-state index in [0.29, 0.717) is 33.3 Å². The van der Waals surface area contributed by atoms with Crippen LogP contribution in [0.1, 0.15) is 29.1 Å². The zero-order valence-electron chi connectivity index (χ0n) is 22.8. The molecular formula is C28H33N7O3S. The Morgan fingerprint density at radius 1 is 1.15 bits per heavy atom. The van der Waals surface area contributed by atoms with E-state index < -0.39 is 5.91 Å². The van der Waals surface area contributed by atoms with Crippen LogP contribution in [0, 0.1) is 6.92 Å². The first-order valence-electron chi connectivity index (χ1n) is 12.9. The number of piperazine rings is 1. The first kappa shape index (κ1) is 26.6. The molecule has 0 radical (unpaired) electrons. The molecule has 39 heavy (non-hydrogen) atoms. The number of benzene rings is 1. The number of thiophene rings is 1. The van der Waals surface area contributed by atoms with E-state index in [4.69, 9.17) is 20.2 Å². The normalized spacial score (nSPS) is 14.2. The molecule has 4 heterocycles. The standard InChI is InChI=1S/C28H33N7O3S/c1-16(2)38-21-14-19(35-11-9-34(4)10-12-35)17(3)13-18(21)32-28-31-15-22-25(33-28)23(26(39-22)27(29)36)24-20(37-5)7-6-8-30-24/h6-8,13-16H,9-12H2,1-5H3,(H2,29,36)(H,31,32,33). The number of nitrogens with zero attached hydrogens (tertiary/aromatic N) is 5. The molecule has 0 unspecified atom stereocenters. The molecule has 0 saturated carbocycles. The van der Waals surface area contributed by atoms with Gasteiger partial charge in [-0.1, -0.05) is 0 Å². The van der Waals surface area contributed by atoms with E-state index in [9.17, 15) is 4.79 Å². The number of hydrogen-bond acceptors (Lipinski definition) is 10. The predicted molar refractivity (Wildman–Crippen MR) is 156 cm³/mol. The van der Waals surface area contributed by atoms with Gasteiger partial charge in [-0.15, -0.1) is 11.3 Å². The quantitative estimate of drug-likeness (QED) is 0.330. The third-order valence-electron chi connectivity index (χ3n) is 6.63.